The van der Waals surface area contributed by atoms with E-state index in [9.17, 15) is 4.79 Å². The number of rotatable bonds is 5. The number of hydrogen-bond donors (Lipinski definition) is 1. The van der Waals surface area contributed by atoms with E-state index in [-0.39, 0.29) is 5.91 Å². The SMILES string of the molecule is COCCNC(=O)/C=C\c1ccc(C)cc1. The van der Waals surface area contributed by atoms with Gasteiger partial charge in [-0.3, -0.25) is 4.79 Å². The van der Waals surface area contributed by atoms with E-state index in [2.05, 4.69) is 5.32 Å². The predicted molar refractivity (Wildman–Crippen MR) is 65.1 cm³/mol. The van der Waals surface area contributed by atoms with Gasteiger partial charge in [-0.1, -0.05) is 29.8 Å². The first-order chi connectivity index (χ1) is 7.72. The predicted octanol–water partition coefficient (Wildman–Crippen LogP) is 1.77. The Morgan fingerprint density at radius 2 is 2.06 bits per heavy atom. The van der Waals surface area contributed by atoms with Crippen LogP contribution in [-0.4, -0.2) is 26.2 Å². The molecule has 1 N–H and O–H groups in total. The smallest absolute Gasteiger partial charge is 0.244 e. The number of aryl methyl sites for hydroxylation is 1. The van der Waals surface area contributed by atoms with E-state index in [1.807, 2.05) is 31.2 Å². The van der Waals surface area contributed by atoms with Crippen LogP contribution in [0.15, 0.2) is 30.3 Å². The summed E-state index contributed by atoms with van der Waals surface area (Å²) in [6, 6.07) is 7.99. The molecule has 86 valence electrons. The summed E-state index contributed by atoms with van der Waals surface area (Å²) in [6.07, 6.45) is 3.32. The molecule has 0 atom stereocenters. The van der Waals surface area contributed by atoms with Gasteiger partial charge in [-0.05, 0) is 18.6 Å². The summed E-state index contributed by atoms with van der Waals surface area (Å²) in [5, 5.41) is 2.71. The standard InChI is InChI=1S/C13H17NO2/c1-11-3-5-12(6-4-11)7-8-13(15)14-9-10-16-2/h3-8H,9-10H2,1-2H3,(H,14,15)/b8-7-. The van der Waals surface area contributed by atoms with Crippen molar-refractivity contribution in [3.8, 4) is 0 Å². The van der Waals surface area contributed by atoms with E-state index in [1.54, 1.807) is 13.2 Å². The molecule has 0 saturated carbocycles. The van der Waals surface area contributed by atoms with Crippen LogP contribution >= 0.6 is 0 Å². The van der Waals surface area contributed by atoms with Crippen LogP contribution in [0.3, 0.4) is 0 Å². The van der Waals surface area contributed by atoms with Gasteiger partial charge >= 0.3 is 0 Å². The molecule has 0 heterocycles. The number of nitrogens with one attached hydrogen (secondary N) is 1. The number of carbonyl (C=O) groups is 1. The first kappa shape index (κ1) is 12.5. The number of amides is 1. The first-order valence-electron chi connectivity index (χ1n) is 5.24. The van der Waals surface area contributed by atoms with E-state index in [0.29, 0.717) is 13.2 Å². The summed E-state index contributed by atoms with van der Waals surface area (Å²) in [7, 11) is 1.61. The number of methoxy groups -OCH3 is 1. The molecular formula is C13H17NO2. The fourth-order valence-corrected chi connectivity index (χ4v) is 1.18. The van der Waals surface area contributed by atoms with E-state index >= 15 is 0 Å². The Balaban J connectivity index is 2.41. The second-order valence-corrected chi connectivity index (χ2v) is 3.53. The first-order valence-corrected chi connectivity index (χ1v) is 5.24. The maximum Gasteiger partial charge on any atom is 0.244 e. The van der Waals surface area contributed by atoms with E-state index in [1.165, 1.54) is 11.6 Å². The summed E-state index contributed by atoms with van der Waals surface area (Å²) < 4.78 is 4.83. The second kappa shape index (κ2) is 6.80. The normalized spacial score (nSPS) is 10.6. The number of hydrogen-bond acceptors (Lipinski definition) is 2. The van der Waals surface area contributed by atoms with Gasteiger partial charge in [0.1, 0.15) is 0 Å². The van der Waals surface area contributed by atoms with E-state index in [4.69, 9.17) is 4.74 Å². The van der Waals surface area contributed by atoms with Gasteiger partial charge in [0, 0.05) is 19.7 Å². The van der Waals surface area contributed by atoms with Gasteiger partial charge in [0.25, 0.3) is 0 Å². The zero-order valence-electron chi connectivity index (χ0n) is 9.69. The van der Waals surface area contributed by atoms with Crippen molar-refractivity contribution in [3.63, 3.8) is 0 Å². The number of benzene rings is 1. The molecule has 1 rings (SSSR count). The van der Waals surface area contributed by atoms with Crippen LogP contribution in [0.2, 0.25) is 0 Å². The van der Waals surface area contributed by atoms with Gasteiger partial charge in [-0.25, -0.2) is 0 Å². The molecule has 1 amide bonds. The minimum Gasteiger partial charge on any atom is -0.383 e. The monoisotopic (exact) mass is 219 g/mol. The van der Waals surface area contributed by atoms with Gasteiger partial charge in [0.2, 0.25) is 5.91 Å². The highest BCUT2D eigenvalue weighted by Crippen LogP contribution is 2.04. The minimum atomic E-state index is -0.0994. The second-order valence-electron chi connectivity index (χ2n) is 3.53. The average molecular weight is 219 g/mol. The Kier molecular flexibility index (Phi) is 5.29. The molecule has 0 unspecified atom stereocenters. The topological polar surface area (TPSA) is 38.3 Å². The molecule has 1 aromatic rings. The van der Waals surface area contributed by atoms with Gasteiger partial charge in [-0.2, -0.15) is 0 Å². The highest BCUT2D eigenvalue weighted by atomic mass is 16.5. The average Bonchev–Trinajstić information content (AvgIpc) is 2.29. The Morgan fingerprint density at radius 3 is 2.69 bits per heavy atom. The summed E-state index contributed by atoms with van der Waals surface area (Å²) in [5.41, 5.74) is 2.23. The van der Waals surface area contributed by atoms with Crippen LogP contribution in [0.25, 0.3) is 6.08 Å². The van der Waals surface area contributed by atoms with Crippen LogP contribution in [0.4, 0.5) is 0 Å². The zero-order chi connectivity index (χ0) is 11.8. The largest absolute Gasteiger partial charge is 0.383 e. The van der Waals surface area contributed by atoms with Gasteiger partial charge < -0.3 is 10.1 Å². The van der Waals surface area contributed by atoms with Crippen LogP contribution < -0.4 is 5.32 Å². The lowest BCUT2D eigenvalue weighted by Gasteiger charge is -2.00. The lowest BCUT2D eigenvalue weighted by Crippen LogP contribution is -2.24. The van der Waals surface area contributed by atoms with Crippen molar-refractivity contribution in [3.05, 3.63) is 41.5 Å². The summed E-state index contributed by atoms with van der Waals surface area (Å²) in [4.78, 5) is 11.3. The Hall–Kier alpha value is -1.61. The van der Waals surface area contributed by atoms with Crippen molar-refractivity contribution in [1.82, 2.24) is 5.32 Å². The van der Waals surface area contributed by atoms with Gasteiger partial charge in [-0.15, -0.1) is 0 Å². The quantitative estimate of drug-likeness (QED) is 0.605. The molecule has 1 aromatic carbocycles. The maximum atomic E-state index is 11.3. The lowest BCUT2D eigenvalue weighted by atomic mass is 10.1. The van der Waals surface area contributed by atoms with E-state index in [0.717, 1.165) is 5.56 Å². The third-order valence-corrected chi connectivity index (χ3v) is 2.11. The van der Waals surface area contributed by atoms with Crippen molar-refractivity contribution >= 4 is 12.0 Å². The van der Waals surface area contributed by atoms with Crippen molar-refractivity contribution in [2.75, 3.05) is 20.3 Å². The minimum absolute atomic E-state index is 0.0994. The molecule has 0 aromatic heterocycles. The van der Waals surface area contributed by atoms with E-state index < -0.39 is 0 Å². The van der Waals surface area contributed by atoms with Gasteiger partial charge in [0.05, 0.1) is 6.61 Å². The fraction of sp³-hybridized carbons (Fsp3) is 0.308. The Bertz CT molecular complexity index is 355. The summed E-state index contributed by atoms with van der Waals surface area (Å²) in [5.74, 6) is -0.0994. The van der Waals surface area contributed by atoms with Crippen molar-refractivity contribution in [2.45, 2.75) is 6.92 Å². The van der Waals surface area contributed by atoms with Crippen LogP contribution in [0, 0.1) is 6.92 Å². The summed E-state index contributed by atoms with van der Waals surface area (Å²) in [6.45, 7) is 3.10. The molecule has 0 aliphatic heterocycles. The molecule has 16 heavy (non-hydrogen) atoms. The molecule has 0 fully saturated rings. The highest BCUT2D eigenvalue weighted by Gasteiger charge is 1.93. The van der Waals surface area contributed by atoms with Crippen molar-refractivity contribution < 1.29 is 9.53 Å². The molecule has 0 aliphatic rings. The van der Waals surface area contributed by atoms with Gasteiger partial charge in [0.15, 0.2) is 0 Å². The fourth-order valence-electron chi connectivity index (χ4n) is 1.18. The summed E-state index contributed by atoms with van der Waals surface area (Å²) >= 11 is 0. The molecule has 0 spiro atoms. The third kappa shape index (κ3) is 4.75. The lowest BCUT2D eigenvalue weighted by molar-refractivity contribution is -0.116. The Labute approximate surface area is 96.1 Å². The molecule has 3 heteroatoms. The molecule has 0 aliphatic carbocycles. The molecule has 3 nitrogen and oxygen atoms in total. The molecule has 0 radical (unpaired) electrons. The van der Waals surface area contributed by atoms with Crippen molar-refractivity contribution in [1.29, 1.82) is 0 Å². The molecule has 0 saturated heterocycles. The molecular weight excluding hydrogens is 202 g/mol. The number of ether oxygens (including phenoxy) is 1. The zero-order valence-corrected chi connectivity index (χ0v) is 9.69. The maximum absolute atomic E-state index is 11.3. The highest BCUT2D eigenvalue weighted by molar-refractivity contribution is 5.91. The van der Waals surface area contributed by atoms with Crippen molar-refractivity contribution in [2.24, 2.45) is 0 Å². The molecule has 0 bridgehead atoms. The number of carbonyl (C=O) groups excluding carboxylic acids is 1. The van der Waals surface area contributed by atoms with Crippen LogP contribution in [0.5, 0.6) is 0 Å². The van der Waals surface area contributed by atoms with Crippen LogP contribution in [0.1, 0.15) is 11.1 Å². The van der Waals surface area contributed by atoms with Crippen LogP contribution in [-0.2, 0) is 9.53 Å². The third-order valence-electron chi connectivity index (χ3n) is 2.11. The Morgan fingerprint density at radius 1 is 1.38 bits per heavy atom.